The Morgan fingerprint density at radius 1 is 1.21 bits per heavy atom. The average Bonchev–Trinajstić information content (AvgIpc) is 3.46. The molecule has 0 aliphatic carbocycles. The Labute approximate surface area is 190 Å². The molecule has 0 spiro atoms. The third kappa shape index (κ3) is 4.04. The predicted octanol–water partition coefficient (Wildman–Crippen LogP) is 4.27. The molecular weight excluding hydrogens is 421 g/mol. The summed E-state index contributed by atoms with van der Waals surface area (Å²) in [6, 6.07) is 12.1. The van der Waals surface area contributed by atoms with Crippen LogP contribution in [0.3, 0.4) is 0 Å². The molecular formula is C25H24FN5O2. The van der Waals surface area contributed by atoms with E-state index in [0.717, 1.165) is 47.5 Å². The molecule has 8 heteroatoms. The van der Waals surface area contributed by atoms with Gasteiger partial charge in [0.25, 0.3) is 0 Å². The minimum Gasteiger partial charge on any atom is -0.495 e. The molecule has 33 heavy (non-hydrogen) atoms. The van der Waals surface area contributed by atoms with E-state index in [0.29, 0.717) is 11.4 Å². The lowest BCUT2D eigenvalue weighted by Gasteiger charge is -2.24. The molecule has 1 aliphatic heterocycles. The topological polar surface area (TPSA) is 74.8 Å². The van der Waals surface area contributed by atoms with Crippen LogP contribution in [0.25, 0.3) is 5.69 Å². The number of rotatable bonds is 6. The molecule has 0 fully saturated rings. The summed E-state index contributed by atoms with van der Waals surface area (Å²) in [6.45, 7) is 1.93. The number of benzene rings is 2. The van der Waals surface area contributed by atoms with E-state index >= 15 is 0 Å². The molecule has 2 aromatic carbocycles. The smallest absolute Gasteiger partial charge is 0.189 e. The largest absolute Gasteiger partial charge is 0.495 e. The predicted molar refractivity (Wildman–Crippen MR) is 120 cm³/mol. The molecule has 0 bridgehead atoms. The number of methoxy groups -OCH3 is 1. The van der Waals surface area contributed by atoms with Gasteiger partial charge in [0.15, 0.2) is 11.5 Å². The molecule has 3 heterocycles. The number of carbonyl (C=O) groups excluding carboxylic acids is 1. The Kier molecular flexibility index (Phi) is 5.50. The lowest BCUT2D eigenvalue weighted by Crippen LogP contribution is -2.21. The molecule has 0 radical (unpaired) electrons. The lowest BCUT2D eigenvalue weighted by molar-refractivity contribution is 0.0987. The van der Waals surface area contributed by atoms with Crippen molar-refractivity contribution in [2.75, 3.05) is 7.11 Å². The molecule has 1 unspecified atom stereocenters. The number of Topliss-reactive ketones (excluding diaryl/α,β-unsaturated/α-hetero) is 1. The first-order chi connectivity index (χ1) is 16.0. The number of hydrogen-bond donors (Lipinski definition) is 0. The summed E-state index contributed by atoms with van der Waals surface area (Å²) in [7, 11) is 1.61. The number of ketones is 1. The number of imidazole rings is 1. The van der Waals surface area contributed by atoms with E-state index in [1.165, 1.54) is 12.1 Å². The maximum absolute atomic E-state index is 13.4. The molecule has 7 nitrogen and oxygen atoms in total. The van der Waals surface area contributed by atoms with Crippen molar-refractivity contribution in [2.45, 2.75) is 38.6 Å². The van der Waals surface area contributed by atoms with Gasteiger partial charge >= 0.3 is 0 Å². The van der Waals surface area contributed by atoms with Crippen LogP contribution in [-0.2, 0) is 12.8 Å². The monoisotopic (exact) mass is 445 g/mol. The van der Waals surface area contributed by atoms with Crippen LogP contribution in [-0.4, -0.2) is 37.4 Å². The molecule has 0 amide bonds. The number of halogens is 1. The maximum atomic E-state index is 13.4. The van der Waals surface area contributed by atoms with Crippen molar-refractivity contribution >= 4 is 5.78 Å². The zero-order chi connectivity index (χ0) is 22.9. The van der Waals surface area contributed by atoms with E-state index in [4.69, 9.17) is 4.74 Å². The number of aromatic nitrogens is 5. The molecule has 4 aromatic rings. The lowest BCUT2D eigenvalue weighted by atomic mass is 9.94. The fourth-order valence-corrected chi connectivity index (χ4v) is 4.46. The van der Waals surface area contributed by atoms with E-state index in [1.54, 1.807) is 25.6 Å². The molecule has 0 saturated heterocycles. The van der Waals surface area contributed by atoms with Gasteiger partial charge in [0.1, 0.15) is 11.6 Å². The Balaban J connectivity index is 1.39. The molecule has 1 aliphatic rings. The van der Waals surface area contributed by atoms with Gasteiger partial charge in [-0.3, -0.25) is 4.79 Å². The fourth-order valence-electron chi connectivity index (χ4n) is 4.46. The van der Waals surface area contributed by atoms with E-state index < -0.39 is 0 Å². The SMILES string of the molecule is COc1cc(CC(=O)c2nnn3c2CCCC3c2ccc(F)cc2)ccc1-n1cnc(C)c1. The van der Waals surface area contributed by atoms with Crippen LogP contribution in [0.2, 0.25) is 0 Å². The second-order valence-corrected chi connectivity index (χ2v) is 8.32. The van der Waals surface area contributed by atoms with Crippen LogP contribution < -0.4 is 4.74 Å². The van der Waals surface area contributed by atoms with Gasteiger partial charge in [0.05, 0.1) is 36.6 Å². The zero-order valence-corrected chi connectivity index (χ0v) is 18.5. The van der Waals surface area contributed by atoms with Crippen molar-refractivity contribution in [3.8, 4) is 11.4 Å². The molecule has 1 atom stereocenters. The summed E-state index contributed by atoms with van der Waals surface area (Å²) in [5.41, 5.74) is 4.83. The number of ether oxygens (including phenoxy) is 1. The molecule has 0 saturated carbocycles. The molecule has 2 aromatic heterocycles. The Hall–Kier alpha value is -3.81. The highest BCUT2D eigenvalue weighted by molar-refractivity contribution is 5.96. The Morgan fingerprint density at radius 2 is 2.03 bits per heavy atom. The number of carbonyl (C=O) groups is 1. The van der Waals surface area contributed by atoms with Gasteiger partial charge in [-0.25, -0.2) is 14.1 Å². The van der Waals surface area contributed by atoms with Crippen molar-refractivity contribution in [3.63, 3.8) is 0 Å². The average molecular weight is 445 g/mol. The number of nitrogens with zero attached hydrogens (tertiary/aromatic N) is 5. The molecule has 0 N–H and O–H groups in total. The van der Waals surface area contributed by atoms with Gasteiger partial charge in [-0.15, -0.1) is 5.10 Å². The Morgan fingerprint density at radius 3 is 2.76 bits per heavy atom. The fraction of sp³-hybridized carbons (Fsp3) is 0.280. The highest BCUT2D eigenvalue weighted by atomic mass is 19.1. The number of aryl methyl sites for hydroxylation is 1. The summed E-state index contributed by atoms with van der Waals surface area (Å²) in [6.07, 6.45) is 6.40. The van der Waals surface area contributed by atoms with Crippen LogP contribution in [0.1, 0.15) is 51.9 Å². The van der Waals surface area contributed by atoms with Crippen molar-refractivity contribution in [3.05, 3.63) is 89.0 Å². The van der Waals surface area contributed by atoms with Crippen molar-refractivity contribution < 1.29 is 13.9 Å². The first-order valence-corrected chi connectivity index (χ1v) is 10.9. The van der Waals surface area contributed by atoms with Crippen LogP contribution in [0, 0.1) is 12.7 Å². The number of hydrogen-bond acceptors (Lipinski definition) is 5. The summed E-state index contributed by atoms with van der Waals surface area (Å²) < 4.78 is 22.6. The zero-order valence-electron chi connectivity index (χ0n) is 18.5. The van der Waals surface area contributed by atoms with Crippen LogP contribution in [0.4, 0.5) is 4.39 Å². The van der Waals surface area contributed by atoms with Gasteiger partial charge in [-0.2, -0.15) is 0 Å². The minimum atomic E-state index is -0.270. The van der Waals surface area contributed by atoms with Gasteiger partial charge in [-0.05, 0) is 61.6 Å². The summed E-state index contributed by atoms with van der Waals surface area (Å²) in [5.74, 6) is 0.317. The molecule has 168 valence electrons. The van der Waals surface area contributed by atoms with Gasteiger partial charge < -0.3 is 9.30 Å². The second kappa shape index (κ2) is 8.61. The number of fused-ring (bicyclic) bond motifs is 1. The van der Waals surface area contributed by atoms with Crippen molar-refractivity contribution in [1.29, 1.82) is 0 Å². The van der Waals surface area contributed by atoms with Crippen LogP contribution >= 0.6 is 0 Å². The summed E-state index contributed by atoms with van der Waals surface area (Å²) in [4.78, 5) is 17.4. The third-order valence-electron chi connectivity index (χ3n) is 6.09. The van der Waals surface area contributed by atoms with Crippen LogP contribution in [0.15, 0.2) is 55.0 Å². The highest BCUT2D eigenvalue weighted by Gasteiger charge is 2.28. The first-order valence-electron chi connectivity index (χ1n) is 10.9. The highest BCUT2D eigenvalue weighted by Crippen LogP contribution is 2.32. The maximum Gasteiger partial charge on any atom is 0.189 e. The Bertz CT molecular complexity index is 1310. The van der Waals surface area contributed by atoms with E-state index in [9.17, 15) is 9.18 Å². The van der Waals surface area contributed by atoms with E-state index in [1.807, 2.05) is 40.6 Å². The van der Waals surface area contributed by atoms with Crippen molar-refractivity contribution in [2.24, 2.45) is 0 Å². The van der Waals surface area contributed by atoms with E-state index in [-0.39, 0.29) is 24.1 Å². The van der Waals surface area contributed by atoms with Crippen LogP contribution in [0.5, 0.6) is 5.75 Å². The minimum absolute atomic E-state index is 0.0404. The summed E-state index contributed by atoms with van der Waals surface area (Å²) >= 11 is 0. The van der Waals surface area contributed by atoms with Gasteiger partial charge in [-0.1, -0.05) is 23.4 Å². The van der Waals surface area contributed by atoms with Crippen molar-refractivity contribution in [1.82, 2.24) is 24.5 Å². The summed E-state index contributed by atoms with van der Waals surface area (Å²) in [5, 5.41) is 8.55. The van der Waals surface area contributed by atoms with E-state index in [2.05, 4.69) is 15.3 Å². The standard InChI is InChI=1S/C25H24FN5O2/c1-16-14-30(15-27-16)21-11-6-17(13-24(21)33-2)12-23(32)25-22-5-3-4-20(31(22)29-28-25)18-7-9-19(26)10-8-18/h6-11,13-15,20H,3-5,12H2,1-2H3. The normalized spacial score (nSPS) is 15.3. The molecule has 5 rings (SSSR count). The second-order valence-electron chi connectivity index (χ2n) is 8.32. The van der Waals surface area contributed by atoms with Gasteiger partial charge in [0, 0.05) is 12.6 Å². The van der Waals surface area contributed by atoms with Gasteiger partial charge in [0.2, 0.25) is 0 Å². The quantitative estimate of drug-likeness (QED) is 0.415. The first kappa shape index (κ1) is 21.1. The third-order valence-corrected chi connectivity index (χ3v) is 6.09.